The average molecular weight is 275 g/mol. The Bertz CT molecular complexity index is 519. The molecule has 2 unspecified atom stereocenters. The van der Waals surface area contributed by atoms with Gasteiger partial charge in [0.2, 0.25) is 0 Å². The molecule has 0 aliphatic carbocycles. The minimum Gasteiger partial charge on any atom is -0.502 e. The van der Waals surface area contributed by atoms with E-state index in [1.54, 1.807) is 0 Å². The highest BCUT2D eigenvalue weighted by Crippen LogP contribution is 2.32. The molecule has 0 aliphatic rings. The molecule has 0 aliphatic heterocycles. The minimum atomic E-state index is -1.96. The summed E-state index contributed by atoms with van der Waals surface area (Å²) in [6.45, 7) is 0. The molecule has 0 saturated carbocycles. The highest BCUT2D eigenvalue weighted by atomic mass is 19.1. The number of aliphatic hydroxyl groups is 2. The van der Waals surface area contributed by atoms with Crippen LogP contribution in [0.15, 0.2) is 12.1 Å². The second-order valence-electron chi connectivity index (χ2n) is 3.73. The number of carboxylic acid groups (broad SMARTS) is 1. The van der Waals surface area contributed by atoms with Crippen LogP contribution in [0.2, 0.25) is 0 Å². The zero-order chi connectivity index (χ0) is 14.7. The minimum absolute atomic E-state index is 0.407. The van der Waals surface area contributed by atoms with Gasteiger partial charge >= 0.3 is 11.7 Å². The van der Waals surface area contributed by atoms with E-state index in [0.29, 0.717) is 12.1 Å². The molecule has 0 aromatic heterocycles. The molecular formula is C10H10FNO7. The normalized spacial score (nSPS) is 13.8. The summed E-state index contributed by atoms with van der Waals surface area (Å²) < 4.78 is 13.4. The molecule has 0 fully saturated rings. The zero-order valence-corrected chi connectivity index (χ0v) is 9.36. The lowest BCUT2D eigenvalue weighted by Crippen LogP contribution is -2.22. The first kappa shape index (κ1) is 14.8. The van der Waals surface area contributed by atoms with Crippen LogP contribution in [-0.4, -0.2) is 37.4 Å². The maximum absolute atomic E-state index is 13.4. The number of nitrogens with zero attached hydrogens (tertiary/aromatic N) is 1. The Morgan fingerprint density at radius 3 is 2.47 bits per heavy atom. The van der Waals surface area contributed by atoms with Crippen molar-refractivity contribution >= 4 is 11.7 Å². The lowest BCUT2D eigenvalue weighted by Gasteiger charge is -2.17. The van der Waals surface area contributed by atoms with Crippen LogP contribution in [0.5, 0.6) is 5.75 Å². The van der Waals surface area contributed by atoms with Crippen molar-refractivity contribution in [1.29, 1.82) is 0 Å². The fourth-order valence-electron chi connectivity index (χ4n) is 1.44. The van der Waals surface area contributed by atoms with Gasteiger partial charge in [0.25, 0.3) is 0 Å². The van der Waals surface area contributed by atoms with Crippen LogP contribution in [0.3, 0.4) is 0 Å². The van der Waals surface area contributed by atoms with Gasteiger partial charge in [0.1, 0.15) is 11.9 Å². The molecule has 8 nitrogen and oxygen atoms in total. The second kappa shape index (κ2) is 5.59. The molecule has 2 atom stereocenters. The van der Waals surface area contributed by atoms with Crippen LogP contribution >= 0.6 is 0 Å². The van der Waals surface area contributed by atoms with Crippen LogP contribution in [0.25, 0.3) is 0 Å². The van der Waals surface area contributed by atoms with Crippen LogP contribution in [0.4, 0.5) is 10.1 Å². The number of carboxylic acids is 1. The number of benzene rings is 1. The van der Waals surface area contributed by atoms with Crippen molar-refractivity contribution in [1.82, 2.24) is 0 Å². The van der Waals surface area contributed by atoms with E-state index in [1.165, 1.54) is 0 Å². The van der Waals surface area contributed by atoms with Crippen LogP contribution in [0, 0.1) is 15.9 Å². The number of nitro benzene ring substituents is 1. The molecular weight excluding hydrogens is 265 g/mol. The molecule has 1 rings (SSSR count). The molecule has 4 N–H and O–H groups in total. The number of phenols is 1. The summed E-state index contributed by atoms with van der Waals surface area (Å²) >= 11 is 0. The predicted molar refractivity (Wildman–Crippen MR) is 57.9 cm³/mol. The van der Waals surface area contributed by atoms with Crippen LogP contribution < -0.4 is 0 Å². The molecule has 0 radical (unpaired) electrons. The van der Waals surface area contributed by atoms with Gasteiger partial charge in [-0.2, -0.15) is 0 Å². The summed E-state index contributed by atoms with van der Waals surface area (Å²) in [5.41, 5.74) is -1.53. The monoisotopic (exact) mass is 275 g/mol. The van der Waals surface area contributed by atoms with Crippen molar-refractivity contribution in [3.8, 4) is 5.75 Å². The lowest BCUT2D eigenvalue weighted by molar-refractivity contribution is -0.386. The Morgan fingerprint density at radius 2 is 2.00 bits per heavy atom. The summed E-state index contributed by atoms with van der Waals surface area (Å²) in [5, 5.41) is 47.0. The van der Waals surface area contributed by atoms with E-state index in [0.717, 1.165) is 0 Å². The quantitative estimate of drug-likeness (QED) is 0.447. The lowest BCUT2D eigenvalue weighted by atomic mass is 10.0. The molecule has 0 heterocycles. The molecule has 9 heteroatoms. The second-order valence-corrected chi connectivity index (χ2v) is 3.73. The van der Waals surface area contributed by atoms with Gasteiger partial charge in [0.05, 0.1) is 17.4 Å². The van der Waals surface area contributed by atoms with Crippen molar-refractivity contribution < 1.29 is 34.5 Å². The molecule has 1 aromatic rings. The third kappa shape index (κ3) is 3.36. The van der Waals surface area contributed by atoms with E-state index in [1.807, 2.05) is 0 Å². The molecule has 104 valence electrons. The van der Waals surface area contributed by atoms with Crippen molar-refractivity contribution in [2.24, 2.45) is 0 Å². The number of hydrogen-bond acceptors (Lipinski definition) is 6. The Kier molecular flexibility index (Phi) is 4.35. The van der Waals surface area contributed by atoms with E-state index < -0.39 is 52.3 Å². The van der Waals surface area contributed by atoms with Gasteiger partial charge in [-0.15, -0.1) is 0 Å². The SMILES string of the molecule is O=C(O)CC(O)C(O)c1cc([N+](=O)[O-])c(O)cc1F. The van der Waals surface area contributed by atoms with E-state index >= 15 is 0 Å². The number of aromatic hydroxyl groups is 1. The highest BCUT2D eigenvalue weighted by molar-refractivity contribution is 5.67. The van der Waals surface area contributed by atoms with Crippen LogP contribution in [0.1, 0.15) is 18.1 Å². The molecule has 0 saturated heterocycles. The first-order valence-electron chi connectivity index (χ1n) is 4.98. The average Bonchev–Trinajstić information content (AvgIpc) is 2.26. The molecule has 0 spiro atoms. The highest BCUT2D eigenvalue weighted by Gasteiger charge is 2.27. The van der Waals surface area contributed by atoms with Crippen LogP contribution in [-0.2, 0) is 4.79 Å². The topological polar surface area (TPSA) is 141 Å². The van der Waals surface area contributed by atoms with Crippen molar-refractivity contribution in [2.75, 3.05) is 0 Å². The van der Waals surface area contributed by atoms with E-state index in [2.05, 4.69) is 0 Å². The third-order valence-electron chi connectivity index (χ3n) is 2.36. The first-order chi connectivity index (χ1) is 8.73. The predicted octanol–water partition coefficient (Wildman–Crippen LogP) is 0.309. The smallest absolute Gasteiger partial charge is 0.311 e. The number of aliphatic hydroxyl groups excluding tert-OH is 2. The van der Waals surface area contributed by atoms with Gasteiger partial charge in [0, 0.05) is 17.7 Å². The molecule has 1 aromatic carbocycles. The summed E-state index contributed by atoms with van der Waals surface area (Å²) in [6, 6.07) is 0.949. The number of aliphatic carboxylic acids is 1. The van der Waals surface area contributed by atoms with Gasteiger partial charge in [-0.1, -0.05) is 0 Å². The summed E-state index contributed by atoms with van der Waals surface area (Å²) in [6.07, 6.45) is -4.67. The van der Waals surface area contributed by atoms with Crippen molar-refractivity contribution in [3.63, 3.8) is 0 Å². The Balaban J connectivity index is 3.15. The molecule has 0 amide bonds. The number of rotatable bonds is 5. The summed E-state index contributed by atoms with van der Waals surface area (Å²) in [7, 11) is 0. The molecule has 19 heavy (non-hydrogen) atoms. The van der Waals surface area contributed by atoms with E-state index in [4.69, 9.17) is 10.2 Å². The number of nitro groups is 1. The maximum atomic E-state index is 13.4. The summed E-state index contributed by atoms with van der Waals surface area (Å²) in [4.78, 5) is 19.9. The largest absolute Gasteiger partial charge is 0.502 e. The van der Waals surface area contributed by atoms with Gasteiger partial charge in [-0.05, 0) is 0 Å². The van der Waals surface area contributed by atoms with Crippen molar-refractivity contribution in [2.45, 2.75) is 18.6 Å². The fraction of sp³-hybridized carbons (Fsp3) is 0.300. The Hall–Kier alpha value is -2.26. The number of carbonyl (C=O) groups is 1. The first-order valence-corrected chi connectivity index (χ1v) is 4.98. The third-order valence-corrected chi connectivity index (χ3v) is 2.36. The molecule has 0 bridgehead atoms. The Morgan fingerprint density at radius 1 is 1.42 bits per heavy atom. The van der Waals surface area contributed by atoms with Gasteiger partial charge < -0.3 is 20.4 Å². The number of hydrogen-bond donors (Lipinski definition) is 4. The summed E-state index contributed by atoms with van der Waals surface area (Å²) in [5.74, 6) is -3.56. The van der Waals surface area contributed by atoms with Gasteiger partial charge in [-0.25, -0.2) is 4.39 Å². The van der Waals surface area contributed by atoms with Gasteiger partial charge in [-0.3, -0.25) is 14.9 Å². The number of halogens is 1. The van der Waals surface area contributed by atoms with E-state index in [9.17, 15) is 29.5 Å². The standard InChI is InChI=1S/C10H10FNO7/c11-5-2-7(13)6(12(18)19)1-4(5)10(17)8(14)3-9(15)16/h1-2,8,10,13-14,17H,3H2,(H,15,16). The maximum Gasteiger partial charge on any atom is 0.311 e. The van der Waals surface area contributed by atoms with Gasteiger partial charge in [0.15, 0.2) is 5.75 Å². The Labute approximate surface area is 105 Å². The van der Waals surface area contributed by atoms with E-state index in [-0.39, 0.29) is 0 Å². The fourth-order valence-corrected chi connectivity index (χ4v) is 1.44. The van der Waals surface area contributed by atoms with Crippen molar-refractivity contribution in [3.05, 3.63) is 33.6 Å². The number of phenolic OH excluding ortho intramolecular Hbond substituents is 1. The zero-order valence-electron chi connectivity index (χ0n) is 9.36.